The van der Waals surface area contributed by atoms with Crippen molar-refractivity contribution in [3.8, 4) is 0 Å². The van der Waals surface area contributed by atoms with E-state index in [1.807, 2.05) is 11.6 Å². The van der Waals surface area contributed by atoms with Crippen molar-refractivity contribution in [2.24, 2.45) is 12.8 Å². The van der Waals surface area contributed by atoms with E-state index in [9.17, 15) is 0 Å². The summed E-state index contributed by atoms with van der Waals surface area (Å²) in [4.78, 5) is 8.73. The van der Waals surface area contributed by atoms with E-state index in [1.54, 1.807) is 6.33 Å². The zero-order valence-corrected chi connectivity index (χ0v) is 8.77. The Labute approximate surface area is 88.1 Å². The molecule has 2 aromatic heterocycles. The summed E-state index contributed by atoms with van der Waals surface area (Å²) in [5.74, 6) is 0.642. The minimum absolute atomic E-state index is 0.560. The van der Waals surface area contributed by atoms with E-state index in [2.05, 4.69) is 16.2 Å². The second-order valence-electron chi connectivity index (χ2n) is 4.20. The monoisotopic (exact) mass is 202 g/mol. The molecule has 2 N–H and O–H groups in total. The predicted octanol–water partition coefficient (Wildman–Crippen LogP) is 1.30. The highest BCUT2D eigenvalue weighted by molar-refractivity contribution is 5.83. The molecule has 0 saturated heterocycles. The number of rotatable bonds is 2. The van der Waals surface area contributed by atoms with Crippen LogP contribution in [0.1, 0.15) is 30.0 Å². The summed E-state index contributed by atoms with van der Waals surface area (Å²) >= 11 is 0. The number of fused-ring (bicyclic) bond motifs is 1. The topological polar surface area (TPSA) is 56.7 Å². The van der Waals surface area contributed by atoms with Gasteiger partial charge in [-0.15, -0.1) is 0 Å². The van der Waals surface area contributed by atoms with Gasteiger partial charge in [0.05, 0.1) is 5.69 Å². The lowest BCUT2D eigenvalue weighted by atomic mass is 10.1. The van der Waals surface area contributed by atoms with Gasteiger partial charge in [-0.05, 0) is 18.4 Å². The predicted molar refractivity (Wildman–Crippen MR) is 58.4 cm³/mol. The number of hydrogen-bond acceptors (Lipinski definition) is 3. The molecular weight excluding hydrogens is 188 g/mol. The molecule has 2 aromatic rings. The molecule has 0 aromatic carbocycles. The van der Waals surface area contributed by atoms with Crippen molar-refractivity contribution >= 4 is 11.0 Å². The molecular formula is C11H14N4. The van der Waals surface area contributed by atoms with Crippen molar-refractivity contribution in [3.63, 3.8) is 0 Å². The second kappa shape index (κ2) is 3.03. The van der Waals surface area contributed by atoms with E-state index in [-0.39, 0.29) is 0 Å². The van der Waals surface area contributed by atoms with Gasteiger partial charge in [-0.1, -0.05) is 0 Å². The fraction of sp³-hybridized carbons (Fsp3) is 0.455. The SMILES string of the molecule is Cn1cc(CN)c2c(C3CC3)ncnc21. The van der Waals surface area contributed by atoms with Crippen molar-refractivity contribution in [3.05, 3.63) is 23.8 Å². The van der Waals surface area contributed by atoms with E-state index in [1.165, 1.54) is 23.9 Å². The van der Waals surface area contributed by atoms with Gasteiger partial charge in [0.25, 0.3) is 0 Å². The highest BCUT2D eigenvalue weighted by Crippen LogP contribution is 2.42. The number of nitrogens with two attached hydrogens (primary N) is 1. The van der Waals surface area contributed by atoms with Crippen LogP contribution in [0.3, 0.4) is 0 Å². The Balaban J connectivity index is 2.34. The molecule has 1 fully saturated rings. The zero-order valence-electron chi connectivity index (χ0n) is 8.77. The smallest absolute Gasteiger partial charge is 0.143 e. The summed E-state index contributed by atoms with van der Waals surface area (Å²) in [6.07, 6.45) is 6.23. The normalized spacial score (nSPS) is 16.1. The fourth-order valence-corrected chi connectivity index (χ4v) is 2.15. The number of nitrogens with zero attached hydrogens (tertiary/aromatic N) is 3. The molecule has 2 heterocycles. The van der Waals surface area contributed by atoms with E-state index in [0.717, 1.165) is 11.2 Å². The van der Waals surface area contributed by atoms with E-state index >= 15 is 0 Å². The largest absolute Gasteiger partial charge is 0.335 e. The minimum atomic E-state index is 0.560. The Morgan fingerprint density at radius 3 is 2.93 bits per heavy atom. The Bertz CT molecular complexity index is 511. The van der Waals surface area contributed by atoms with E-state index in [0.29, 0.717) is 12.5 Å². The molecule has 0 spiro atoms. The number of aromatic nitrogens is 3. The molecule has 0 radical (unpaired) electrons. The van der Waals surface area contributed by atoms with E-state index in [4.69, 9.17) is 5.73 Å². The zero-order chi connectivity index (χ0) is 10.4. The third-order valence-corrected chi connectivity index (χ3v) is 3.05. The van der Waals surface area contributed by atoms with Gasteiger partial charge in [0, 0.05) is 31.1 Å². The summed E-state index contributed by atoms with van der Waals surface area (Å²) in [5, 5.41) is 1.19. The molecule has 1 saturated carbocycles. The lowest BCUT2D eigenvalue weighted by Gasteiger charge is -2.01. The van der Waals surface area contributed by atoms with Crippen molar-refractivity contribution in [2.45, 2.75) is 25.3 Å². The maximum Gasteiger partial charge on any atom is 0.143 e. The Morgan fingerprint density at radius 1 is 1.47 bits per heavy atom. The molecule has 0 amide bonds. The van der Waals surface area contributed by atoms with Gasteiger partial charge in [-0.2, -0.15) is 0 Å². The van der Waals surface area contributed by atoms with Crippen LogP contribution in [0, 0.1) is 0 Å². The molecule has 78 valence electrons. The van der Waals surface area contributed by atoms with Crippen LogP contribution in [0.5, 0.6) is 0 Å². The molecule has 0 unspecified atom stereocenters. The van der Waals surface area contributed by atoms with Crippen LogP contribution in [-0.2, 0) is 13.6 Å². The van der Waals surface area contributed by atoms with Gasteiger partial charge in [0.15, 0.2) is 0 Å². The third kappa shape index (κ3) is 1.25. The average molecular weight is 202 g/mol. The number of aryl methyl sites for hydroxylation is 1. The van der Waals surface area contributed by atoms with Crippen LogP contribution >= 0.6 is 0 Å². The Hall–Kier alpha value is -1.42. The van der Waals surface area contributed by atoms with Crippen LogP contribution in [0.4, 0.5) is 0 Å². The first-order valence-corrected chi connectivity index (χ1v) is 5.30. The fourth-order valence-electron chi connectivity index (χ4n) is 2.15. The number of hydrogen-bond donors (Lipinski definition) is 1. The van der Waals surface area contributed by atoms with Gasteiger partial charge >= 0.3 is 0 Å². The maximum absolute atomic E-state index is 5.75. The summed E-state index contributed by atoms with van der Waals surface area (Å²) in [6, 6.07) is 0. The van der Waals surface area contributed by atoms with Crippen molar-refractivity contribution in [1.82, 2.24) is 14.5 Å². The van der Waals surface area contributed by atoms with Crippen LogP contribution in [-0.4, -0.2) is 14.5 Å². The van der Waals surface area contributed by atoms with Crippen molar-refractivity contribution in [1.29, 1.82) is 0 Å². The van der Waals surface area contributed by atoms with Crippen molar-refractivity contribution in [2.75, 3.05) is 0 Å². The molecule has 4 nitrogen and oxygen atoms in total. The molecule has 4 heteroatoms. The standard InChI is InChI=1S/C11H14N4/c1-15-5-8(4-12)9-10(7-2-3-7)13-6-14-11(9)15/h5-7H,2-4,12H2,1H3. The van der Waals surface area contributed by atoms with Gasteiger partial charge < -0.3 is 10.3 Å². The molecule has 3 rings (SSSR count). The lowest BCUT2D eigenvalue weighted by molar-refractivity contribution is 0.926. The van der Waals surface area contributed by atoms with Crippen LogP contribution in [0.15, 0.2) is 12.5 Å². The average Bonchev–Trinajstić information content (AvgIpc) is 3.04. The van der Waals surface area contributed by atoms with Crippen LogP contribution in [0.2, 0.25) is 0 Å². The summed E-state index contributed by atoms with van der Waals surface area (Å²) in [7, 11) is 2.01. The van der Waals surface area contributed by atoms with Crippen molar-refractivity contribution < 1.29 is 0 Å². The van der Waals surface area contributed by atoms with Gasteiger partial charge in [0.1, 0.15) is 12.0 Å². The van der Waals surface area contributed by atoms with Crippen LogP contribution in [0.25, 0.3) is 11.0 Å². The summed E-state index contributed by atoms with van der Waals surface area (Å²) in [5.41, 5.74) is 9.11. The third-order valence-electron chi connectivity index (χ3n) is 3.05. The molecule has 0 atom stereocenters. The second-order valence-corrected chi connectivity index (χ2v) is 4.20. The molecule has 0 aliphatic heterocycles. The molecule has 1 aliphatic rings. The Morgan fingerprint density at radius 2 is 2.27 bits per heavy atom. The molecule has 15 heavy (non-hydrogen) atoms. The highest BCUT2D eigenvalue weighted by atomic mass is 15.0. The first-order valence-electron chi connectivity index (χ1n) is 5.30. The highest BCUT2D eigenvalue weighted by Gasteiger charge is 2.28. The Kier molecular flexibility index (Phi) is 1.79. The molecule has 0 bridgehead atoms. The van der Waals surface area contributed by atoms with Gasteiger partial charge in [-0.3, -0.25) is 0 Å². The minimum Gasteiger partial charge on any atom is -0.335 e. The summed E-state index contributed by atoms with van der Waals surface area (Å²) < 4.78 is 2.03. The first kappa shape index (κ1) is 8.85. The quantitative estimate of drug-likeness (QED) is 0.798. The maximum atomic E-state index is 5.75. The van der Waals surface area contributed by atoms with E-state index < -0.39 is 0 Å². The van der Waals surface area contributed by atoms with Gasteiger partial charge in [-0.25, -0.2) is 9.97 Å². The first-order chi connectivity index (χ1) is 7.31. The lowest BCUT2D eigenvalue weighted by Crippen LogP contribution is -1.97. The summed E-state index contributed by atoms with van der Waals surface area (Å²) in [6.45, 7) is 0.560. The van der Waals surface area contributed by atoms with Gasteiger partial charge in [0.2, 0.25) is 0 Å². The molecule has 1 aliphatic carbocycles. The van der Waals surface area contributed by atoms with Crippen LogP contribution < -0.4 is 5.73 Å².